The maximum Gasteiger partial charge on any atom is 0.242 e. The van der Waals surface area contributed by atoms with Crippen LogP contribution < -0.4 is 4.72 Å². The summed E-state index contributed by atoms with van der Waals surface area (Å²) in [6, 6.07) is 1.54. The molecule has 0 bridgehead atoms. The number of sulfonamides is 1. The highest BCUT2D eigenvalue weighted by molar-refractivity contribution is 7.89. The zero-order valence-corrected chi connectivity index (χ0v) is 12.5. The highest BCUT2D eigenvalue weighted by atomic mass is 32.2. The first kappa shape index (κ1) is 16.2. The van der Waals surface area contributed by atoms with Crippen LogP contribution in [0, 0.1) is 0 Å². The molecule has 0 aliphatic heterocycles. The van der Waals surface area contributed by atoms with Crippen LogP contribution in [0.4, 0.5) is 0 Å². The van der Waals surface area contributed by atoms with Gasteiger partial charge < -0.3 is 9.67 Å². The van der Waals surface area contributed by atoms with Gasteiger partial charge in [0.15, 0.2) is 0 Å². The summed E-state index contributed by atoms with van der Waals surface area (Å²) < 4.78 is 28.5. The summed E-state index contributed by atoms with van der Waals surface area (Å²) in [5.74, 6) is 0. The topological polar surface area (TPSA) is 71.3 Å². The molecule has 6 heteroatoms. The summed E-state index contributed by atoms with van der Waals surface area (Å²) in [6.45, 7) is 5.11. The molecule has 0 atom stereocenters. The van der Waals surface area contributed by atoms with Gasteiger partial charge in [0, 0.05) is 25.0 Å². The minimum Gasteiger partial charge on any atom is -0.390 e. The second-order valence-corrected chi connectivity index (χ2v) is 6.39. The predicted molar refractivity (Wildman–Crippen MR) is 75.4 cm³/mol. The Morgan fingerprint density at radius 1 is 1.26 bits per heavy atom. The van der Waals surface area contributed by atoms with Crippen molar-refractivity contribution >= 4 is 10.0 Å². The van der Waals surface area contributed by atoms with Crippen LogP contribution in [0.1, 0.15) is 45.2 Å². The van der Waals surface area contributed by atoms with E-state index in [0.717, 1.165) is 25.7 Å². The molecule has 1 aromatic rings. The van der Waals surface area contributed by atoms with E-state index < -0.39 is 10.0 Å². The fraction of sp³-hybridized carbons (Fsp3) is 0.692. The van der Waals surface area contributed by atoms with Gasteiger partial charge in [-0.15, -0.1) is 0 Å². The van der Waals surface area contributed by atoms with Gasteiger partial charge in [0.25, 0.3) is 0 Å². The Bertz CT molecular complexity index is 480. The number of aliphatic hydroxyl groups is 1. The van der Waals surface area contributed by atoms with Gasteiger partial charge >= 0.3 is 0 Å². The number of aromatic nitrogens is 1. The van der Waals surface area contributed by atoms with E-state index in [9.17, 15) is 13.5 Å². The molecule has 5 nitrogen and oxygen atoms in total. The smallest absolute Gasteiger partial charge is 0.242 e. The third kappa shape index (κ3) is 4.63. The number of aliphatic hydroxyl groups excluding tert-OH is 1. The van der Waals surface area contributed by atoms with Crippen LogP contribution in [0.3, 0.4) is 0 Å². The molecular formula is C13H24N2O3S. The fourth-order valence-corrected chi connectivity index (χ4v) is 3.06. The third-order valence-corrected chi connectivity index (χ3v) is 4.40. The average molecular weight is 288 g/mol. The Labute approximate surface area is 115 Å². The van der Waals surface area contributed by atoms with E-state index in [1.807, 2.05) is 6.92 Å². The van der Waals surface area contributed by atoms with Crippen LogP contribution in [-0.4, -0.2) is 24.6 Å². The van der Waals surface area contributed by atoms with Crippen molar-refractivity contribution in [1.82, 2.24) is 9.29 Å². The van der Waals surface area contributed by atoms with Crippen molar-refractivity contribution in [2.45, 2.75) is 57.6 Å². The standard InChI is InChI=1S/C13H24N2O3S/c1-3-5-6-7-14-19(17,18)13-9-12(11-16)15(10-13)8-4-2/h9-10,14,16H,3-8,11H2,1-2H3. The molecule has 0 aliphatic carbocycles. The summed E-state index contributed by atoms with van der Waals surface area (Å²) >= 11 is 0. The molecule has 0 saturated heterocycles. The van der Waals surface area contributed by atoms with Crippen LogP contribution in [-0.2, 0) is 23.2 Å². The van der Waals surface area contributed by atoms with Crippen LogP contribution in [0.15, 0.2) is 17.2 Å². The predicted octanol–water partition coefficient (Wildman–Crippen LogP) is 1.86. The fourth-order valence-electron chi connectivity index (χ4n) is 1.92. The van der Waals surface area contributed by atoms with E-state index in [4.69, 9.17) is 0 Å². The molecule has 19 heavy (non-hydrogen) atoms. The van der Waals surface area contributed by atoms with Crippen LogP contribution in [0.5, 0.6) is 0 Å². The van der Waals surface area contributed by atoms with Gasteiger partial charge in [-0.1, -0.05) is 26.7 Å². The van der Waals surface area contributed by atoms with Gasteiger partial charge in [-0.2, -0.15) is 0 Å². The van der Waals surface area contributed by atoms with Gasteiger partial charge in [0.1, 0.15) is 0 Å². The molecule has 0 fully saturated rings. The molecule has 1 rings (SSSR count). The summed E-state index contributed by atoms with van der Waals surface area (Å²) in [4.78, 5) is 0.237. The number of aryl methyl sites for hydroxylation is 1. The molecule has 0 spiro atoms. The lowest BCUT2D eigenvalue weighted by Gasteiger charge is -2.04. The highest BCUT2D eigenvalue weighted by Gasteiger charge is 2.17. The van der Waals surface area contributed by atoms with E-state index in [0.29, 0.717) is 18.8 Å². The second-order valence-electron chi connectivity index (χ2n) is 4.62. The molecule has 0 unspecified atom stereocenters. The molecule has 110 valence electrons. The van der Waals surface area contributed by atoms with Crippen molar-refractivity contribution in [2.24, 2.45) is 0 Å². The van der Waals surface area contributed by atoms with Gasteiger partial charge in [-0.3, -0.25) is 0 Å². The maximum absolute atomic E-state index is 12.1. The van der Waals surface area contributed by atoms with Crippen LogP contribution >= 0.6 is 0 Å². The van der Waals surface area contributed by atoms with E-state index in [1.54, 1.807) is 10.8 Å². The highest BCUT2D eigenvalue weighted by Crippen LogP contribution is 2.15. The van der Waals surface area contributed by atoms with Crippen LogP contribution in [0.2, 0.25) is 0 Å². The lowest BCUT2D eigenvalue weighted by atomic mass is 10.3. The van der Waals surface area contributed by atoms with Crippen molar-refractivity contribution in [1.29, 1.82) is 0 Å². The lowest BCUT2D eigenvalue weighted by molar-refractivity contribution is 0.270. The number of unbranched alkanes of at least 4 members (excludes halogenated alkanes) is 2. The lowest BCUT2D eigenvalue weighted by Crippen LogP contribution is -2.24. The van der Waals surface area contributed by atoms with Crippen molar-refractivity contribution in [3.8, 4) is 0 Å². The monoisotopic (exact) mass is 288 g/mol. The summed E-state index contributed by atoms with van der Waals surface area (Å²) in [7, 11) is -3.45. The molecule has 0 aliphatic rings. The zero-order chi connectivity index (χ0) is 14.3. The molecule has 0 saturated carbocycles. The largest absolute Gasteiger partial charge is 0.390 e. The number of hydrogen-bond acceptors (Lipinski definition) is 3. The Kier molecular flexibility index (Phi) is 6.54. The summed E-state index contributed by atoms with van der Waals surface area (Å²) in [5, 5.41) is 9.23. The van der Waals surface area contributed by atoms with E-state index in [-0.39, 0.29) is 11.5 Å². The number of nitrogens with zero attached hydrogens (tertiary/aromatic N) is 1. The minimum atomic E-state index is -3.45. The van der Waals surface area contributed by atoms with Gasteiger partial charge in [0.2, 0.25) is 10.0 Å². The molecule has 0 radical (unpaired) electrons. The summed E-state index contributed by atoms with van der Waals surface area (Å²) in [5.41, 5.74) is 0.635. The first-order chi connectivity index (χ1) is 9.05. The van der Waals surface area contributed by atoms with Crippen molar-refractivity contribution in [2.75, 3.05) is 6.54 Å². The minimum absolute atomic E-state index is 0.147. The molecule has 0 amide bonds. The molecular weight excluding hydrogens is 264 g/mol. The van der Waals surface area contributed by atoms with E-state index in [1.165, 1.54) is 6.07 Å². The quantitative estimate of drug-likeness (QED) is 0.681. The normalized spacial score (nSPS) is 11.9. The number of nitrogens with one attached hydrogen (secondary N) is 1. The van der Waals surface area contributed by atoms with Gasteiger partial charge in [-0.25, -0.2) is 13.1 Å². The SMILES string of the molecule is CCCCCNS(=O)(=O)c1cc(CO)n(CCC)c1. The molecule has 0 aromatic carbocycles. The first-order valence-electron chi connectivity index (χ1n) is 6.84. The Morgan fingerprint density at radius 2 is 2.00 bits per heavy atom. The first-order valence-corrected chi connectivity index (χ1v) is 8.33. The average Bonchev–Trinajstić information content (AvgIpc) is 2.79. The summed E-state index contributed by atoms with van der Waals surface area (Å²) in [6.07, 6.45) is 5.41. The zero-order valence-electron chi connectivity index (χ0n) is 11.7. The Morgan fingerprint density at radius 3 is 2.58 bits per heavy atom. The van der Waals surface area contributed by atoms with Gasteiger partial charge in [-0.05, 0) is 18.9 Å². The third-order valence-electron chi connectivity index (χ3n) is 2.97. The molecule has 1 aromatic heterocycles. The van der Waals surface area contributed by atoms with Crippen molar-refractivity contribution in [3.05, 3.63) is 18.0 Å². The Balaban J connectivity index is 2.77. The molecule has 1 heterocycles. The number of hydrogen-bond donors (Lipinski definition) is 2. The van der Waals surface area contributed by atoms with E-state index >= 15 is 0 Å². The number of rotatable bonds is 9. The van der Waals surface area contributed by atoms with Crippen molar-refractivity contribution in [3.63, 3.8) is 0 Å². The second kappa shape index (κ2) is 7.67. The van der Waals surface area contributed by atoms with E-state index in [2.05, 4.69) is 11.6 Å². The van der Waals surface area contributed by atoms with Gasteiger partial charge in [0.05, 0.1) is 11.5 Å². The Hall–Kier alpha value is -0.850. The molecule has 2 N–H and O–H groups in total. The van der Waals surface area contributed by atoms with Crippen LogP contribution in [0.25, 0.3) is 0 Å². The van der Waals surface area contributed by atoms with Crippen molar-refractivity contribution < 1.29 is 13.5 Å². The maximum atomic E-state index is 12.1.